The molecule has 0 radical (unpaired) electrons. The number of nitrogens with two attached hydrogens (primary N) is 1. The fourth-order valence-corrected chi connectivity index (χ4v) is 2.60. The van der Waals surface area contributed by atoms with E-state index in [9.17, 15) is 0 Å². The van der Waals surface area contributed by atoms with Crippen LogP contribution in [0, 0.1) is 11.3 Å². The van der Waals surface area contributed by atoms with E-state index in [1.165, 1.54) is 0 Å². The Kier molecular flexibility index (Phi) is 4.31. The number of nitrogens with one attached hydrogen (secondary N) is 1. The van der Waals surface area contributed by atoms with E-state index in [1.807, 2.05) is 0 Å². The molecule has 0 amide bonds. The Morgan fingerprint density at radius 1 is 1.37 bits per heavy atom. The summed E-state index contributed by atoms with van der Waals surface area (Å²) < 4.78 is 0. The van der Waals surface area contributed by atoms with Crippen molar-refractivity contribution < 1.29 is 0 Å². The zero-order valence-electron chi connectivity index (χ0n) is 11.6. The summed E-state index contributed by atoms with van der Waals surface area (Å²) >= 11 is 0. The molecule has 3 N–H and O–H groups in total. The van der Waals surface area contributed by atoms with Crippen LogP contribution in [0.3, 0.4) is 0 Å². The molecule has 1 saturated heterocycles. The van der Waals surface area contributed by atoms with Gasteiger partial charge >= 0.3 is 0 Å². The van der Waals surface area contributed by atoms with E-state index in [0.717, 1.165) is 44.2 Å². The molecule has 1 aromatic rings. The van der Waals surface area contributed by atoms with E-state index in [2.05, 4.69) is 33.9 Å². The first kappa shape index (κ1) is 13.7. The maximum Gasteiger partial charge on any atom is 0.158 e. The summed E-state index contributed by atoms with van der Waals surface area (Å²) in [6, 6.07) is 0. The highest BCUT2D eigenvalue weighted by atomic mass is 15.2. The number of nitrogen functional groups attached to an aromatic ring is 1. The first-order valence-electron chi connectivity index (χ1n) is 6.63. The Bertz CT molecular complexity index is 437. The molecule has 0 aliphatic carbocycles. The molecule has 2 heterocycles. The number of amidine groups is 1. The van der Waals surface area contributed by atoms with E-state index >= 15 is 0 Å². The Morgan fingerprint density at radius 2 is 2.00 bits per heavy atom. The maximum absolute atomic E-state index is 7.57. The van der Waals surface area contributed by atoms with Gasteiger partial charge in [-0.25, -0.2) is 9.97 Å². The number of nitrogens with zero attached hydrogens (tertiary/aromatic N) is 4. The van der Waals surface area contributed by atoms with Crippen LogP contribution >= 0.6 is 0 Å². The number of piperidine rings is 1. The lowest BCUT2D eigenvalue weighted by Crippen LogP contribution is -2.38. The van der Waals surface area contributed by atoms with Crippen LogP contribution in [0.25, 0.3) is 0 Å². The average molecular weight is 262 g/mol. The van der Waals surface area contributed by atoms with Gasteiger partial charge in [0.25, 0.3) is 0 Å². The molecular weight excluding hydrogens is 240 g/mol. The van der Waals surface area contributed by atoms with Crippen molar-refractivity contribution in [1.82, 2.24) is 14.9 Å². The van der Waals surface area contributed by atoms with Crippen molar-refractivity contribution in [2.75, 3.05) is 38.6 Å². The molecule has 0 unspecified atom stereocenters. The third kappa shape index (κ3) is 3.41. The summed E-state index contributed by atoms with van der Waals surface area (Å²) in [5, 5.41) is 7.57. The molecule has 1 aliphatic heterocycles. The summed E-state index contributed by atoms with van der Waals surface area (Å²) in [6.45, 7) is 3.04. The molecule has 19 heavy (non-hydrogen) atoms. The number of hydrogen-bond acceptors (Lipinski definition) is 5. The van der Waals surface area contributed by atoms with Crippen molar-refractivity contribution >= 4 is 11.7 Å². The number of rotatable bonds is 4. The minimum Gasteiger partial charge on any atom is -0.382 e. The van der Waals surface area contributed by atoms with E-state index in [1.54, 1.807) is 12.4 Å². The normalized spacial score (nSPS) is 16.9. The Hall–Kier alpha value is -1.69. The number of anilines is 1. The van der Waals surface area contributed by atoms with Crippen molar-refractivity contribution in [3.8, 4) is 0 Å². The lowest BCUT2D eigenvalue weighted by molar-refractivity contribution is 0.284. The monoisotopic (exact) mass is 262 g/mol. The van der Waals surface area contributed by atoms with Gasteiger partial charge in [0.1, 0.15) is 11.5 Å². The van der Waals surface area contributed by atoms with E-state index in [4.69, 9.17) is 11.1 Å². The third-order valence-electron chi connectivity index (χ3n) is 3.47. The number of aromatic nitrogens is 2. The average Bonchev–Trinajstić information content (AvgIpc) is 2.39. The highest BCUT2D eigenvalue weighted by Gasteiger charge is 2.23. The zero-order chi connectivity index (χ0) is 13.8. The van der Waals surface area contributed by atoms with Crippen molar-refractivity contribution in [1.29, 1.82) is 5.41 Å². The molecule has 0 bridgehead atoms. The van der Waals surface area contributed by atoms with Crippen LogP contribution in [-0.2, 0) is 0 Å². The summed E-state index contributed by atoms with van der Waals surface area (Å²) in [5.74, 6) is 1.47. The molecule has 0 aromatic carbocycles. The minimum absolute atomic E-state index is 0.0153. The topological polar surface area (TPSA) is 82.1 Å². The van der Waals surface area contributed by atoms with Gasteiger partial charge in [-0.05, 0) is 32.9 Å². The van der Waals surface area contributed by atoms with Crippen LogP contribution in [0.4, 0.5) is 5.82 Å². The fourth-order valence-electron chi connectivity index (χ4n) is 2.60. The molecule has 0 atom stereocenters. The summed E-state index contributed by atoms with van der Waals surface area (Å²) in [6.07, 6.45) is 5.53. The standard InChI is InChI=1S/C13H22N6/c1-18(2)9-10-3-7-19(8-4-10)13-11(12(14)15)16-5-6-17-13/h5-6,10H,3-4,7-9H2,1-2H3,(H3,14,15). The smallest absolute Gasteiger partial charge is 0.158 e. The van der Waals surface area contributed by atoms with Crippen molar-refractivity contribution in [2.24, 2.45) is 11.7 Å². The molecule has 104 valence electrons. The SMILES string of the molecule is CN(C)CC1CCN(c2nccnc2C(=N)N)CC1. The molecular formula is C13H22N6. The van der Waals surface area contributed by atoms with Crippen molar-refractivity contribution in [3.05, 3.63) is 18.1 Å². The summed E-state index contributed by atoms with van der Waals surface area (Å²) in [4.78, 5) is 12.9. The second kappa shape index (κ2) is 5.97. The van der Waals surface area contributed by atoms with Gasteiger partial charge < -0.3 is 15.5 Å². The molecule has 6 nitrogen and oxygen atoms in total. The van der Waals surface area contributed by atoms with Gasteiger partial charge in [-0.3, -0.25) is 5.41 Å². The second-order valence-electron chi connectivity index (χ2n) is 5.33. The highest BCUT2D eigenvalue weighted by Crippen LogP contribution is 2.23. The van der Waals surface area contributed by atoms with Crippen LogP contribution in [0.5, 0.6) is 0 Å². The lowest BCUT2D eigenvalue weighted by Gasteiger charge is -2.34. The van der Waals surface area contributed by atoms with Crippen molar-refractivity contribution in [2.45, 2.75) is 12.8 Å². The predicted molar refractivity (Wildman–Crippen MR) is 76.5 cm³/mol. The van der Waals surface area contributed by atoms with E-state index < -0.39 is 0 Å². The zero-order valence-corrected chi connectivity index (χ0v) is 11.6. The van der Waals surface area contributed by atoms with Gasteiger partial charge in [0.15, 0.2) is 5.82 Å². The maximum atomic E-state index is 7.57. The highest BCUT2D eigenvalue weighted by molar-refractivity contribution is 5.97. The second-order valence-corrected chi connectivity index (χ2v) is 5.33. The molecule has 2 rings (SSSR count). The molecule has 1 aromatic heterocycles. The van der Waals surface area contributed by atoms with Gasteiger partial charge in [0.2, 0.25) is 0 Å². The first-order chi connectivity index (χ1) is 9.08. The quantitative estimate of drug-likeness (QED) is 0.611. The van der Waals surface area contributed by atoms with Crippen LogP contribution in [0.1, 0.15) is 18.5 Å². The predicted octanol–water partition coefficient (Wildman–Crippen LogP) is 0.539. The van der Waals surface area contributed by atoms with Crippen LogP contribution in [0.15, 0.2) is 12.4 Å². The van der Waals surface area contributed by atoms with Crippen LogP contribution in [0.2, 0.25) is 0 Å². The van der Waals surface area contributed by atoms with Gasteiger partial charge in [-0.15, -0.1) is 0 Å². The Labute approximate surface area is 114 Å². The number of hydrogen-bond donors (Lipinski definition) is 2. The minimum atomic E-state index is -0.0153. The lowest BCUT2D eigenvalue weighted by atomic mass is 9.96. The molecule has 0 spiro atoms. The Balaban J connectivity index is 2.04. The van der Waals surface area contributed by atoms with Crippen molar-refractivity contribution in [3.63, 3.8) is 0 Å². The van der Waals surface area contributed by atoms with E-state index in [0.29, 0.717) is 5.69 Å². The van der Waals surface area contributed by atoms with Crippen LogP contribution in [-0.4, -0.2) is 54.4 Å². The van der Waals surface area contributed by atoms with Gasteiger partial charge in [0, 0.05) is 32.0 Å². The Morgan fingerprint density at radius 3 is 2.58 bits per heavy atom. The fraction of sp³-hybridized carbons (Fsp3) is 0.615. The molecule has 0 saturated carbocycles. The third-order valence-corrected chi connectivity index (χ3v) is 3.47. The largest absolute Gasteiger partial charge is 0.382 e. The summed E-state index contributed by atoms with van der Waals surface area (Å²) in [7, 11) is 4.23. The van der Waals surface area contributed by atoms with Gasteiger partial charge in [0.05, 0.1) is 0 Å². The summed E-state index contributed by atoms with van der Waals surface area (Å²) in [5.41, 5.74) is 6.06. The molecule has 6 heteroatoms. The molecule has 1 aliphatic rings. The van der Waals surface area contributed by atoms with Crippen LogP contribution < -0.4 is 10.6 Å². The van der Waals surface area contributed by atoms with Gasteiger partial charge in [-0.2, -0.15) is 0 Å². The van der Waals surface area contributed by atoms with E-state index in [-0.39, 0.29) is 5.84 Å². The first-order valence-corrected chi connectivity index (χ1v) is 6.63. The van der Waals surface area contributed by atoms with Gasteiger partial charge in [-0.1, -0.05) is 0 Å². The molecule has 1 fully saturated rings.